The van der Waals surface area contributed by atoms with Gasteiger partial charge in [-0.3, -0.25) is 0 Å². The van der Waals surface area contributed by atoms with Crippen LogP contribution in [0.2, 0.25) is 0 Å². The predicted molar refractivity (Wildman–Crippen MR) is 53.8 cm³/mol. The minimum Gasteiger partial charge on any atom is -0.478 e. The molecule has 1 fully saturated rings. The SMILES string of the molecule is C[C@H]1CCCC[C@@H]1c1nocc1C(=O)O. The number of nitrogens with zero attached hydrogens (tertiary/aromatic N) is 1. The van der Waals surface area contributed by atoms with Crippen LogP contribution in [0.4, 0.5) is 0 Å². The maximum Gasteiger partial charge on any atom is 0.340 e. The Morgan fingerprint density at radius 2 is 2.27 bits per heavy atom. The lowest BCUT2D eigenvalue weighted by Crippen LogP contribution is -2.17. The Morgan fingerprint density at radius 3 is 2.93 bits per heavy atom. The topological polar surface area (TPSA) is 63.3 Å². The second-order valence-electron chi connectivity index (χ2n) is 4.29. The number of hydrogen-bond donors (Lipinski definition) is 1. The van der Waals surface area contributed by atoms with Crippen LogP contribution in [-0.2, 0) is 0 Å². The monoisotopic (exact) mass is 209 g/mol. The summed E-state index contributed by atoms with van der Waals surface area (Å²) in [5.74, 6) is -0.186. The molecule has 4 nitrogen and oxygen atoms in total. The van der Waals surface area contributed by atoms with Crippen LogP contribution in [0.1, 0.15) is 54.6 Å². The number of hydrogen-bond acceptors (Lipinski definition) is 3. The highest BCUT2D eigenvalue weighted by Gasteiger charge is 2.29. The minimum atomic E-state index is -0.941. The third kappa shape index (κ3) is 1.89. The molecule has 1 N–H and O–H groups in total. The van der Waals surface area contributed by atoms with Crippen molar-refractivity contribution in [2.75, 3.05) is 0 Å². The van der Waals surface area contributed by atoms with E-state index in [-0.39, 0.29) is 11.5 Å². The summed E-state index contributed by atoms with van der Waals surface area (Å²) in [5.41, 5.74) is 0.864. The molecular weight excluding hydrogens is 194 g/mol. The van der Waals surface area contributed by atoms with Crippen LogP contribution in [0.25, 0.3) is 0 Å². The first-order chi connectivity index (χ1) is 7.20. The number of aromatic nitrogens is 1. The fourth-order valence-electron chi connectivity index (χ4n) is 2.40. The molecule has 1 saturated carbocycles. The maximum atomic E-state index is 10.9. The first-order valence-electron chi connectivity index (χ1n) is 5.37. The van der Waals surface area contributed by atoms with E-state index in [1.807, 2.05) is 0 Å². The summed E-state index contributed by atoms with van der Waals surface area (Å²) >= 11 is 0. The van der Waals surface area contributed by atoms with Crippen molar-refractivity contribution >= 4 is 5.97 Å². The molecule has 0 aromatic carbocycles. The van der Waals surface area contributed by atoms with E-state index in [1.54, 1.807) is 0 Å². The molecule has 15 heavy (non-hydrogen) atoms. The van der Waals surface area contributed by atoms with Crippen LogP contribution in [0.5, 0.6) is 0 Å². The van der Waals surface area contributed by atoms with E-state index in [4.69, 9.17) is 9.63 Å². The molecule has 0 aliphatic heterocycles. The van der Waals surface area contributed by atoms with Crippen LogP contribution in [0, 0.1) is 5.92 Å². The van der Waals surface area contributed by atoms with Gasteiger partial charge in [-0.15, -0.1) is 0 Å². The fourth-order valence-corrected chi connectivity index (χ4v) is 2.40. The Hall–Kier alpha value is -1.32. The normalized spacial score (nSPS) is 26.5. The van der Waals surface area contributed by atoms with Crippen molar-refractivity contribution in [2.45, 2.75) is 38.5 Å². The van der Waals surface area contributed by atoms with Gasteiger partial charge in [-0.25, -0.2) is 4.79 Å². The Morgan fingerprint density at radius 1 is 1.53 bits per heavy atom. The first-order valence-corrected chi connectivity index (χ1v) is 5.37. The van der Waals surface area contributed by atoms with Crippen molar-refractivity contribution in [1.82, 2.24) is 5.16 Å². The molecule has 0 amide bonds. The third-order valence-corrected chi connectivity index (χ3v) is 3.29. The molecular formula is C11H15NO3. The van der Waals surface area contributed by atoms with E-state index < -0.39 is 5.97 Å². The van der Waals surface area contributed by atoms with Gasteiger partial charge in [0.05, 0.1) is 0 Å². The van der Waals surface area contributed by atoms with Crippen molar-refractivity contribution in [3.05, 3.63) is 17.5 Å². The molecule has 82 valence electrons. The molecule has 2 rings (SSSR count). The molecule has 0 saturated heterocycles. The van der Waals surface area contributed by atoms with Gasteiger partial charge in [-0.1, -0.05) is 31.3 Å². The highest BCUT2D eigenvalue weighted by Crippen LogP contribution is 2.37. The van der Waals surface area contributed by atoms with Gasteiger partial charge >= 0.3 is 5.97 Å². The molecule has 0 unspecified atom stereocenters. The van der Waals surface area contributed by atoms with E-state index in [0.29, 0.717) is 11.6 Å². The summed E-state index contributed by atoms with van der Waals surface area (Å²) < 4.78 is 4.78. The molecule has 2 atom stereocenters. The predicted octanol–water partition coefficient (Wildman–Crippen LogP) is 2.67. The van der Waals surface area contributed by atoms with Gasteiger partial charge in [-0.2, -0.15) is 0 Å². The van der Waals surface area contributed by atoms with Gasteiger partial charge < -0.3 is 9.63 Å². The number of rotatable bonds is 2. The Labute approximate surface area is 88.3 Å². The average molecular weight is 209 g/mol. The molecule has 0 bridgehead atoms. The molecule has 4 heteroatoms. The Balaban J connectivity index is 2.27. The fraction of sp³-hybridized carbons (Fsp3) is 0.636. The number of carbonyl (C=O) groups is 1. The summed E-state index contributed by atoms with van der Waals surface area (Å²) in [5, 5.41) is 12.8. The Kier molecular flexibility index (Phi) is 2.75. The van der Waals surface area contributed by atoms with Crippen molar-refractivity contribution in [3.8, 4) is 0 Å². The van der Waals surface area contributed by atoms with E-state index in [1.165, 1.54) is 12.7 Å². The van der Waals surface area contributed by atoms with Gasteiger partial charge in [0.2, 0.25) is 0 Å². The second-order valence-corrected chi connectivity index (χ2v) is 4.29. The first kappa shape index (κ1) is 10.2. The van der Waals surface area contributed by atoms with Gasteiger partial charge in [0.1, 0.15) is 17.5 Å². The van der Waals surface area contributed by atoms with Crippen LogP contribution in [-0.4, -0.2) is 16.2 Å². The van der Waals surface area contributed by atoms with E-state index in [2.05, 4.69) is 12.1 Å². The Bertz CT molecular complexity index is 358. The zero-order chi connectivity index (χ0) is 10.8. The molecule has 1 aromatic rings. The standard InChI is InChI=1S/C11H15NO3/c1-7-4-2-3-5-8(7)10-9(11(13)14)6-15-12-10/h6-8H,2-5H2,1H3,(H,13,14)/t7-,8-/m0/s1. The third-order valence-electron chi connectivity index (χ3n) is 3.29. The summed E-state index contributed by atoms with van der Waals surface area (Å²) in [6, 6.07) is 0. The van der Waals surface area contributed by atoms with Crippen molar-refractivity contribution in [1.29, 1.82) is 0 Å². The van der Waals surface area contributed by atoms with Crippen molar-refractivity contribution in [2.24, 2.45) is 5.92 Å². The highest BCUT2D eigenvalue weighted by atomic mass is 16.5. The lowest BCUT2D eigenvalue weighted by molar-refractivity contribution is 0.0693. The van der Waals surface area contributed by atoms with Gasteiger partial charge in [0.15, 0.2) is 0 Å². The second kappa shape index (κ2) is 4.04. The largest absolute Gasteiger partial charge is 0.478 e. The molecule has 1 aliphatic rings. The quantitative estimate of drug-likeness (QED) is 0.813. The van der Waals surface area contributed by atoms with Crippen LogP contribution in [0.3, 0.4) is 0 Å². The molecule has 0 radical (unpaired) electrons. The maximum absolute atomic E-state index is 10.9. The van der Waals surface area contributed by atoms with Gasteiger partial charge in [0.25, 0.3) is 0 Å². The van der Waals surface area contributed by atoms with E-state index >= 15 is 0 Å². The van der Waals surface area contributed by atoms with E-state index in [0.717, 1.165) is 19.3 Å². The van der Waals surface area contributed by atoms with Crippen LogP contribution < -0.4 is 0 Å². The molecule has 0 spiro atoms. The van der Waals surface area contributed by atoms with Gasteiger partial charge in [0, 0.05) is 5.92 Å². The number of carboxylic acid groups (broad SMARTS) is 1. The van der Waals surface area contributed by atoms with Crippen LogP contribution in [0.15, 0.2) is 10.8 Å². The lowest BCUT2D eigenvalue weighted by Gasteiger charge is -2.27. The average Bonchev–Trinajstić information content (AvgIpc) is 2.67. The highest BCUT2D eigenvalue weighted by molar-refractivity contribution is 5.88. The number of carboxylic acids is 1. The van der Waals surface area contributed by atoms with Crippen LogP contribution >= 0.6 is 0 Å². The summed E-state index contributed by atoms with van der Waals surface area (Å²) in [7, 11) is 0. The molecule has 1 aromatic heterocycles. The van der Waals surface area contributed by atoms with Gasteiger partial charge in [-0.05, 0) is 12.3 Å². The lowest BCUT2D eigenvalue weighted by atomic mass is 9.78. The minimum absolute atomic E-state index is 0.230. The number of aromatic carboxylic acids is 1. The van der Waals surface area contributed by atoms with Crippen molar-refractivity contribution < 1.29 is 14.4 Å². The summed E-state index contributed by atoms with van der Waals surface area (Å²) in [6.07, 6.45) is 5.79. The molecule has 1 heterocycles. The van der Waals surface area contributed by atoms with Crippen molar-refractivity contribution in [3.63, 3.8) is 0 Å². The summed E-state index contributed by atoms with van der Waals surface area (Å²) in [4.78, 5) is 10.9. The smallest absolute Gasteiger partial charge is 0.340 e. The summed E-state index contributed by atoms with van der Waals surface area (Å²) in [6.45, 7) is 2.16. The zero-order valence-corrected chi connectivity index (χ0v) is 8.77. The van der Waals surface area contributed by atoms with E-state index in [9.17, 15) is 4.79 Å². The molecule has 1 aliphatic carbocycles. The zero-order valence-electron chi connectivity index (χ0n) is 8.77.